The van der Waals surface area contributed by atoms with Gasteiger partial charge in [-0.05, 0) is 96.4 Å². The summed E-state index contributed by atoms with van der Waals surface area (Å²) < 4.78 is 154. The molecule has 0 saturated carbocycles. The smallest absolute Gasteiger partial charge is 0.114 e. The molecule has 232 valence electrons. The van der Waals surface area contributed by atoms with Crippen molar-refractivity contribution < 1.29 is 23.3 Å². The number of benzene rings is 8. The van der Waals surface area contributed by atoms with Gasteiger partial charge in [-0.25, -0.2) is 4.98 Å². The number of fused-ring (bicyclic) bond motifs is 3. The second-order valence-corrected chi connectivity index (χ2v) is 11.3. The number of aromatic nitrogens is 2. The number of aryl methyl sites for hydroxylation is 1. The Morgan fingerprint density at radius 1 is 0.490 bits per heavy atom. The van der Waals surface area contributed by atoms with Gasteiger partial charge in [0, 0.05) is 12.1 Å². The fourth-order valence-electron chi connectivity index (χ4n) is 6.35. The molecule has 8 aromatic carbocycles. The third kappa shape index (κ3) is 5.01. The van der Waals surface area contributed by atoms with Gasteiger partial charge in [0.1, 0.15) is 5.82 Å². The minimum atomic E-state index is -0.816. The van der Waals surface area contributed by atoms with Crippen molar-refractivity contribution in [3.63, 3.8) is 0 Å². The molecule has 0 aliphatic rings. The summed E-state index contributed by atoms with van der Waals surface area (Å²) in [4.78, 5) is 4.78. The van der Waals surface area contributed by atoms with Gasteiger partial charge >= 0.3 is 0 Å². The highest BCUT2D eigenvalue weighted by Gasteiger charge is 2.17. The Labute approximate surface area is 310 Å². The summed E-state index contributed by atoms with van der Waals surface area (Å²) >= 11 is 0. The maximum absolute atomic E-state index is 9.92. The van der Waals surface area contributed by atoms with Crippen LogP contribution in [-0.2, 0) is 6.42 Å². The second-order valence-electron chi connectivity index (χ2n) is 11.3. The number of imidazole rings is 1. The van der Waals surface area contributed by atoms with Crippen LogP contribution in [0.5, 0.6) is 0 Å². The van der Waals surface area contributed by atoms with E-state index < -0.39 is 147 Å². The third-order valence-electron chi connectivity index (χ3n) is 8.58. The van der Waals surface area contributed by atoms with E-state index in [4.69, 9.17) is 21.4 Å². The van der Waals surface area contributed by atoms with Crippen molar-refractivity contribution in [2.24, 2.45) is 0 Å². The number of hydrogen-bond acceptors (Lipinski definition) is 1. The molecule has 0 radical (unpaired) electrons. The standard InChI is InChI=1S/C47H34N2/c1-2-45-48-43-19-11-12-20-44(43)49(45)38-28-25-33(26-29-38)32-21-23-34(24-22-32)37-27-30-41-42(31-37)47(36-15-7-4-8-16-36)40-18-10-9-17-39(40)46(41)35-13-5-3-6-14-35/h3-31H,2H2,1H3/i3D,4D,5D,6D,7D,8D,9D,10D,13D,14D,15D,16D,17D,18D,27D,30D,31D. The molecule has 1 aromatic heterocycles. The van der Waals surface area contributed by atoms with Crippen LogP contribution >= 0.6 is 0 Å². The monoisotopic (exact) mass is 643 g/mol. The molecule has 0 aliphatic heterocycles. The van der Waals surface area contributed by atoms with Gasteiger partial charge in [-0.15, -0.1) is 0 Å². The Morgan fingerprint density at radius 3 is 1.61 bits per heavy atom. The van der Waals surface area contributed by atoms with E-state index >= 15 is 0 Å². The van der Waals surface area contributed by atoms with E-state index in [0.29, 0.717) is 6.42 Å². The maximum atomic E-state index is 9.92. The lowest BCUT2D eigenvalue weighted by Gasteiger charge is -2.18. The van der Waals surface area contributed by atoms with Gasteiger partial charge in [-0.1, -0.05) is 152 Å². The molecule has 9 aromatic rings. The zero-order valence-corrected chi connectivity index (χ0v) is 26.0. The van der Waals surface area contributed by atoms with Crippen molar-refractivity contribution in [3.05, 3.63) is 181 Å². The predicted molar refractivity (Wildman–Crippen MR) is 207 cm³/mol. The zero-order valence-electron chi connectivity index (χ0n) is 43.0. The summed E-state index contributed by atoms with van der Waals surface area (Å²) in [6.45, 7) is 2.04. The largest absolute Gasteiger partial charge is 0.296 e. The van der Waals surface area contributed by atoms with Crippen LogP contribution in [0.25, 0.3) is 82.8 Å². The SMILES string of the molecule is [2H]c1c([2H])c([2H])c(-c2c3c([2H])c([2H])c([2H])c([2H])c3c(-c3c([2H])c([2H])c([2H])c([2H])c3[2H])c3c([2H])c(-c4ccc(-c5ccc(-n6c(CC)nc7ccccc76)cc5)cc4)c([2H])c([2H])c23)c([2H])c1[2H]. The first-order chi connectivity index (χ1) is 31.3. The highest BCUT2D eigenvalue weighted by Crippen LogP contribution is 2.44. The molecular weight excluding hydrogens is 593 g/mol. The third-order valence-corrected chi connectivity index (χ3v) is 8.58. The first-order valence-corrected chi connectivity index (χ1v) is 15.6. The van der Waals surface area contributed by atoms with Crippen molar-refractivity contribution in [1.29, 1.82) is 0 Å². The van der Waals surface area contributed by atoms with Crippen molar-refractivity contribution in [2.45, 2.75) is 13.3 Å². The molecule has 0 spiro atoms. The average Bonchev–Trinajstić information content (AvgIpc) is 3.71. The second kappa shape index (κ2) is 12.1. The van der Waals surface area contributed by atoms with Gasteiger partial charge in [-0.2, -0.15) is 0 Å². The van der Waals surface area contributed by atoms with E-state index in [1.807, 2.05) is 55.5 Å². The van der Waals surface area contributed by atoms with Gasteiger partial charge < -0.3 is 0 Å². The van der Waals surface area contributed by atoms with E-state index in [2.05, 4.69) is 4.57 Å². The summed E-state index contributed by atoms with van der Waals surface area (Å²) in [5.41, 5.74) is 2.35. The van der Waals surface area contributed by atoms with Crippen LogP contribution in [-0.4, -0.2) is 9.55 Å². The maximum Gasteiger partial charge on any atom is 0.114 e. The van der Waals surface area contributed by atoms with E-state index in [-0.39, 0.29) is 11.1 Å². The van der Waals surface area contributed by atoms with Crippen LogP contribution in [0.1, 0.15) is 36.1 Å². The minimum Gasteiger partial charge on any atom is -0.296 e. The molecule has 0 saturated heterocycles. The Hall–Kier alpha value is -6.25. The average molecular weight is 644 g/mol. The Balaban J connectivity index is 1.37. The zero-order chi connectivity index (χ0) is 47.5. The van der Waals surface area contributed by atoms with Crippen LogP contribution in [0, 0.1) is 0 Å². The van der Waals surface area contributed by atoms with Crippen LogP contribution in [0.2, 0.25) is 0 Å². The summed E-state index contributed by atoms with van der Waals surface area (Å²) in [6, 6.07) is 9.54. The summed E-state index contributed by atoms with van der Waals surface area (Å²) in [5.74, 6) is 0.901. The van der Waals surface area contributed by atoms with Crippen molar-refractivity contribution in [3.8, 4) is 50.2 Å². The van der Waals surface area contributed by atoms with Gasteiger partial charge in [0.2, 0.25) is 0 Å². The van der Waals surface area contributed by atoms with E-state index in [1.54, 1.807) is 24.3 Å². The van der Waals surface area contributed by atoms with Crippen molar-refractivity contribution >= 4 is 32.6 Å². The van der Waals surface area contributed by atoms with Crippen LogP contribution in [0.4, 0.5) is 0 Å². The summed E-state index contributed by atoms with van der Waals surface area (Å²) in [7, 11) is 0. The van der Waals surface area contributed by atoms with Gasteiger partial charge in [-0.3, -0.25) is 4.57 Å². The van der Waals surface area contributed by atoms with E-state index in [1.165, 1.54) is 0 Å². The topological polar surface area (TPSA) is 17.8 Å². The van der Waals surface area contributed by atoms with E-state index in [9.17, 15) is 6.85 Å². The molecule has 0 aliphatic carbocycles. The molecule has 0 unspecified atom stereocenters. The van der Waals surface area contributed by atoms with Crippen molar-refractivity contribution in [2.75, 3.05) is 0 Å². The van der Waals surface area contributed by atoms with Crippen LogP contribution < -0.4 is 0 Å². The number of nitrogens with zero attached hydrogens (tertiary/aromatic N) is 2. The molecule has 2 heteroatoms. The van der Waals surface area contributed by atoms with Crippen molar-refractivity contribution in [1.82, 2.24) is 9.55 Å². The molecule has 9 rings (SSSR count). The van der Waals surface area contributed by atoms with E-state index in [0.717, 1.165) is 33.7 Å². The number of hydrogen-bond donors (Lipinski definition) is 0. The number of para-hydroxylation sites is 2. The summed E-state index contributed by atoms with van der Waals surface area (Å²) in [5, 5.41) is -1.85. The lowest BCUT2D eigenvalue weighted by Crippen LogP contribution is -1.99. The van der Waals surface area contributed by atoms with Gasteiger partial charge in [0.15, 0.2) is 0 Å². The normalized spacial score (nSPS) is 16.3. The van der Waals surface area contributed by atoms with Crippen LogP contribution in [0.15, 0.2) is 176 Å². The highest BCUT2D eigenvalue weighted by molar-refractivity contribution is 6.21. The molecule has 0 N–H and O–H groups in total. The molecule has 0 fully saturated rings. The quantitative estimate of drug-likeness (QED) is 0.165. The van der Waals surface area contributed by atoms with Gasteiger partial charge in [0.05, 0.1) is 34.3 Å². The van der Waals surface area contributed by atoms with Crippen LogP contribution in [0.3, 0.4) is 0 Å². The Bertz CT molecular complexity index is 3530. The molecular formula is C47H34N2. The molecule has 1 heterocycles. The number of rotatable bonds is 6. The van der Waals surface area contributed by atoms with Gasteiger partial charge in [0.25, 0.3) is 0 Å². The lowest BCUT2D eigenvalue weighted by atomic mass is 9.85. The Kier molecular flexibility index (Phi) is 4.00. The predicted octanol–water partition coefficient (Wildman–Crippen LogP) is 12.6. The highest BCUT2D eigenvalue weighted by atomic mass is 15.1. The fourth-order valence-corrected chi connectivity index (χ4v) is 6.35. The fraction of sp³-hybridized carbons (Fsp3) is 0.0426. The Morgan fingerprint density at radius 2 is 1.00 bits per heavy atom. The minimum absolute atomic E-state index is 0.158. The first-order valence-electron chi connectivity index (χ1n) is 24.1. The molecule has 0 atom stereocenters. The lowest BCUT2D eigenvalue weighted by molar-refractivity contribution is 0.908. The molecule has 2 nitrogen and oxygen atoms in total. The first kappa shape index (κ1) is 16.2. The molecule has 0 amide bonds. The molecule has 49 heavy (non-hydrogen) atoms. The molecule has 0 bridgehead atoms. The summed E-state index contributed by atoms with van der Waals surface area (Å²) in [6.07, 6.45) is 0.713.